The molecule has 4 rings (SSSR count). The van der Waals surface area contributed by atoms with Crippen molar-refractivity contribution in [3.05, 3.63) is 95.6 Å². The SMILES string of the molecule is CCN(Cc1ccccc1)S(=O)(=O)c1ccc(S(=O)(=O)NCC2OCCc3ccccc32)cc1. The number of rotatable bonds is 9. The van der Waals surface area contributed by atoms with Crippen molar-refractivity contribution in [2.75, 3.05) is 19.7 Å². The first kappa shape index (κ1) is 24.6. The van der Waals surface area contributed by atoms with Gasteiger partial charge in [-0.25, -0.2) is 21.6 Å². The van der Waals surface area contributed by atoms with Crippen LogP contribution in [0.4, 0.5) is 0 Å². The summed E-state index contributed by atoms with van der Waals surface area (Å²) >= 11 is 0. The molecule has 0 amide bonds. The highest BCUT2D eigenvalue weighted by Crippen LogP contribution is 2.27. The molecule has 1 atom stereocenters. The predicted molar refractivity (Wildman–Crippen MR) is 130 cm³/mol. The van der Waals surface area contributed by atoms with Gasteiger partial charge < -0.3 is 4.74 Å². The lowest BCUT2D eigenvalue weighted by Gasteiger charge is -2.26. The molecule has 1 aliphatic heterocycles. The number of benzene rings is 3. The maximum absolute atomic E-state index is 13.1. The summed E-state index contributed by atoms with van der Waals surface area (Å²) in [7, 11) is -7.61. The molecule has 9 heteroatoms. The molecule has 1 unspecified atom stereocenters. The van der Waals surface area contributed by atoms with E-state index < -0.39 is 20.0 Å². The Kier molecular flexibility index (Phi) is 7.49. The van der Waals surface area contributed by atoms with E-state index in [9.17, 15) is 16.8 Å². The number of hydrogen-bond donors (Lipinski definition) is 1. The van der Waals surface area contributed by atoms with Crippen molar-refractivity contribution < 1.29 is 21.6 Å². The summed E-state index contributed by atoms with van der Waals surface area (Å²) in [6.45, 7) is 2.94. The minimum absolute atomic E-state index is 0.00153. The molecule has 0 saturated heterocycles. The average molecular weight is 501 g/mol. The number of nitrogens with zero attached hydrogens (tertiary/aromatic N) is 1. The molecule has 3 aromatic rings. The molecular formula is C25H28N2O5S2. The largest absolute Gasteiger partial charge is 0.372 e. The summed E-state index contributed by atoms with van der Waals surface area (Å²) in [6.07, 6.45) is 0.435. The van der Waals surface area contributed by atoms with Crippen LogP contribution >= 0.6 is 0 Å². The zero-order chi connectivity index (χ0) is 24.2. The van der Waals surface area contributed by atoms with E-state index in [1.807, 2.05) is 54.6 Å². The third kappa shape index (κ3) is 5.39. The smallest absolute Gasteiger partial charge is 0.243 e. The van der Waals surface area contributed by atoms with Gasteiger partial charge in [0.2, 0.25) is 20.0 Å². The second-order valence-corrected chi connectivity index (χ2v) is 11.8. The standard InChI is InChI=1S/C25H28N2O5S2/c1-2-27(19-20-8-4-3-5-9-20)34(30,31)23-14-12-22(13-15-23)33(28,29)26-18-25-24-11-7-6-10-21(24)16-17-32-25/h3-15,25-26H,2,16-19H2,1H3. The lowest BCUT2D eigenvalue weighted by atomic mass is 9.98. The third-order valence-corrected chi connectivity index (χ3v) is 9.25. The third-order valence-electron chi connectivity index (χ3n) is 5.88. The molecule has 7 nitrogen and oxygen atoms in total. The summed E-state index contributed by atoms with van der Waals surface area (Å²) in [6, 6.07) is 22.5. The Labute approximate surface area is 201 Å². The van der Waals surface area contributed by atoms with Crippen molar-refractivity contribution in [1.29, 1.82) is 0 Å². The molecule has 3 aromatic carbocycles. The fourth-order valence-electron chi connectivity index (χ4n) is 4.01. The Morgan fingerprint density at radius 3 is 2.24 bits per heavy atom. The van der Waals surface area contributed by atoms with Crippen LogP contribution < -0.4 is 4.72 Å². The topological polar surface area (TPSA) is 92.8 Å². The van der Waals surface area contributed by atoms with E-state index in [0.29, 0.717) is 13.2 Å². The van der Waals surface area contributed by atoms with Crippen LogP contribution in [0.15, 0.2) is 88.7 Å². The van der Waals surface area contributed by atoms with Crippen LogP contribution in [0, 0.1) is 0 Å². The molecule has 0 spiro atoms. The predicted octanol–water partition coefficient (Wildman–Crippen LogP) is 3.49. The molecule has 0 fully saturated rings. The van der Waals surface area contributed by atoms with Gasteiger partial charge in [-0.05, 0) is 47.4 Å². The van der Waals surface area contributed by atoms with Gasteiger partial charge in [-0.2, -0.15) is 4.31 Å². The summed E-state index contributed by atoms with van der Waals surface area (Å²) in [5.41, 5.74) is 3.02. The second-order valence-electron chi connectivity index (χ2n) is 8.05. The van der Waals surface area contributed by atoms with Crippen LogP contribution in [0.3, 0.4) is 0 Å². The maximum Gasteiger partial charge on any atom is 0.243 e. The molecular weight excluding hydrogens is 472 g/mol. The van der Waals surface area contributed by atoms with Crippen molar-refractivity contribution in [3.63, 3.8) is 0 Å². The fourth-order valence-corrected chi connectivity index (χ4v) is 6.48. The van der Waals surface area contributed by atoms with E-state index >= 15 is 0 Å². The van der Waals surface area contributed by atoms with E-state index in [1.165, 1.54) is 28.6 Å². The second kappa shape index (κ2) is 10.4. The van der Waals surface area contributed by atoms with Gasteiger partial charge in [0.05, 0.1) is 22.5 Å². The normalized spacial score (nSPS) is 16.4. The molecule has 180 valence electrons. The van der Waals surface area contributed by atoms with Crippen LogP contribution in [0.2, 0.25) is 0 Å². The molecule has 1 N–H and O–H groups in total. The highest BCUT2D eigenvalue weighted by Gasteiger charge is 2.26. The van der Waals surface area contributed by atoms with E-state index in [0.717, 1.165) is 23.1 Å². The van der Waals surface area contributed by atoms with Gasteiger partial charge in [0, 0.05) is 19.6 Å². The molecule has 1 aliphatic rings. The van der Waals surface area contributed by atoms with Crippen molar-refractivity contribution in [3.8, 4) is 0 Å². The van der Waals surface area contributed by atoms with E-state index in [4.69, 9.17) is 4.74 Å². The lowest BCUT2D eigenvalue weighted by molar-refractivity contribution is 0.0460. The Morgan fingerprint density at radius 1 is 0.882 bits per heavy atom. The maximum atomic E-state index is 13.1. The first-order chi connectivity index (χ1) is 16.3. The van der Waals surface area contributed by atoms with Crippen LogP contribution in [0.5, 0.6) is 0 Å². The monoisotopic (exact) mass is 500 g/mol. The highest BCUT2D eigenvalue weighted by molar-refractivity contribution is 7.89. The van der Waals surface area contributed by atoms with Gasteiger partial charge in [0.15, 0.2) is 0 Å². The van der Waals surface area contributed by atoms with Gasteiger partial charge in [0.1, 0.15) is 0 Å². The first-order valence-corrected chi connectivity index (χ1v) is 14.1. The molecule has 0 aliphatic carbocycles. The summed E-state index contributed by atoms with van der Waals surface area (Å²) in [4.78, 5) is 0.0513. The quantitative estimate of drug-likeness (QED) is 0.486. The molecule has 1 heterocycles. The molecule has 0 radical (unpaired) electrons. The van der Waals surface area contributed by atoms with Crippen LogP contribution in [-0.2, 0) is 37.7 Å². The van der Waals surface area contributed by atoms with Gasteiger partial charge in [-0.1, -0.05) is 61.5 Å². The fraction of sp³-hybridized carbons (Fsp3) is 0.280. The average Bonchev–Trinajstić information content (AvgIpc) is 2.86. The summed E-state index contributed by atoms with van der Waals surface area (Å²) in [5, 5.41) is 0. The Morgan fingerprint density at radius 2 is 1.53 bits per heavy atom. The van der Waals surface area contributed by atoms with Crippen molar-refractivity contribution in [1.82, 2.24) is 9.03 Å². The minimum Gasteiger partial charge on any atom is -0.372 e. The van der Waals surface area contributed by atoms with Crippen LogP contribution in [0.25, 0.3) is 0 Å². The molecule has 0 aromatic heterocycles. The van der Waals surface area contributed by atoms with Gasteiger partial charge in [0.25, 0.3) is 0 Å². The zero-order valence-corrected chi connectivity index (χ0v) is 20.6. The zero-order valence-electron chi connectivity index (χ0n) is 18.9. The lowest BCUT2D eigenvalue weighted by Crippen LogP contribution is -2.32. The summed E-state index contributed by atoms with van der Waals surface area (Å²) in [5.74, 6) is 0. The van der Waals surface area contributed by atoms with E-state index in [1.54, 1.807) is 6.92 Å². The Bertz CT molecular complexity index is 1330. The Balaban J connectivity index is 1.47. The number of fused-ring (bicyclic) bond motifs is 1. The minimum atomic E-state index is -3.84. The van der Waals surface area contributed by atoms with Crippen molar-refractivity contribution in [2.45, 2.75) is 35.8 Å². The van der Waals surface area contributed by atoms with Gasteiger partial charge in [-0.15, -0.1) is 0 Å². The van der Waals surface area contributed by atoms with Crippen molar-refractivity contribution >= 4 is 20.0 Å². The Hall–Kier alpha value is -2.56. The molecule has 34 heavy (non-hydrogen) atoms. The van der Waals surface area contributed by atoms with E-state index in [2.05, 4.69) is 4.72 Å². The number of sulfonamides is 2. The first-order valence-electron chi connectivity index (χ1n) is 11.1. The van der Waals surface area contributed by atoms with E-state index in [-0.39, 0.29) is 29.0 Å². The summed E-state index contributed by atoms with van der Waals surface area (Å²) < 4.78 is 61.7. The van der Waals surface area contributed by atoms with Gasteiger partial charge in [-0.3, -0.25) is 0 Å². The number of nitrogens with one attached hydrogen (secondary N) is 1. The molecule has 0 saturated carbocycles. The van der Waals surface area contributed by atoms with Crippen LogP contribution in [0.1, 0.15) is 29.7 Å². The number of ether oxygens (including phenoxy) is 1. The molecule has 0 bridgehead atoms. The van der Waals surface area contributed by atoms with Crippen molar-refractivity contribution in [2.24, 2.45) is 0 Å². The highest BCUT2D eigenvalue weighted by atomic mass is 32.2. The van der Waals surface area contributed by atoms with Gasteiger partial charge >= 0.3 is 0 Å². The number of hydrogen-bond acceptors (Lipinski definition) is 5. The van der Waals surface area contributed by atoms with Crippen LogP contribution in [-0.4, -0.2) is 40.8 Å².